The van der Waals surface area contributed by atoms with Crippen molar-refractivity contribution in [2.24, 2.45) is 0 Å². The molecule has 1 aromatic rings. The van der Waals surface area contributed by atoms with Crippen LogP contribution in [0.2, 0.25) is 0 Å². The topological polar surface area (TPSA) is 38.8 Å². The highest BCUT2D eigenvalue weighted by Crippen LogP contribution is 2.41. The monoisotopic (exact) mass is 303 g/mol. The number of benzene rings is 1. The van der Waals surface area contributed by atoms with Gasteiger partial charge < -0.3 is 9.47 Å². The Kier molecular flexibility index (Phi) is 4.67. The van der Waals surface area contributed by atoms with Gasteiger partial charge in [0, 0.05) is 32.0 Å². The first kappa shape index (κ1) is 15.3. The second-order valence-electron chi connectivity index (χ2n) is 6.20. The van der Waals surface area contributed by atoms with Crippen molar-refractivity contribution in [3.05, 3.63) is 23.3 Å². The highest BCUT2D eigenvalue weighted by molar-refractivity contribution is 5.80. The molecular weight excluding hydrogens is 278 g/mol. The molecule has 0 aromatic heterocycles. The number of fused-ring (bicyclic) bond motifs is 3. The van der Waals surface area contributed by atoms with Gasteiger partial charge >= 0.3 is 0 Å². The molecule has 4 heteroatoms. The normalized spacial score (nSPS) is 21.2. The fourth-order valence-electron chi connectivity index (χ4n) is 3.45. The Balaban J connectivity index is 1.90. The predicted octanol–water partition coefficient (Wildman–Crippen LogP) is 3.14. The lowest BCUT2D eigenvalue weighted by molar-refractivity contribution is -0.123. The van der Waals surface area contributed by atoms with Gasteiger partial charge in [-0.15, -0.1) is 0 Å². The van der Waals surface area contributed by atoms with E-state index in [1.807, 2.05) is 0 Å². The average Bonchev–Trinajstić information content (AvgIpc) is 2.54. The summed E-state index contributed by atoms with van der Waals surface area (Å²) >= 11 is 0. The maximum atomic E-state index is 11.9. The van der Waals surface area contributed by atoms with E-state index < -0.39 is 0 Å². The van der Waals surface area contributed by atoms with Crippen LogP contribution < -0.4 is 9.47 Å². The minimum Gasteiger partial charge on any atom is -0.493 e. The number of methoxy groups -OCH3 is 1. The van der Waals surface area contributed by atoms with Gasteiger partial charge in [0.1, 0.15) is 5.78 Å². The number of carbonyl (C=O) groups is 1. The van der Waals surface area contributed by atoms with Crippen LogP contribution in [0, 0.1) is 0 Å². The number of hydrogen-bond donors (Lipinski definition) is 0. The van der Waals surface area contributed by atoms with E-state index in [9.17, 15) is 4.79 Å². The molecule has 4 nitrogen and oxygen atoms in total. The first-order valence-corrected chi connectivity index (χ1v) is 8.32. The van der Waals surface area contributed by atoms with Crippen molar-refractivity contribution >= 4 is 5.78 Å². The molecule has 0 aliphatic carbocycles. The van der Waals surface area contributed by atoms with Gasteiger partial charge in [-0.3, -0.25) is 9.69 Å². The van der Waals surface area contributed by atoms with E-state index in [-0.39, 0.29) is 6.04 Å². The van der Waals surface area contributed by atoms with Crippen LogP contribution in [0.25, 0.3) is 0 Å². The summed E-state index contributed by atoms with van der Waals surface area (Å²) in [6.07, 6.45) is 4.49. The van der Waals surface area contributed by atoms with Gasteiger partial charge in [0.2, 0.25) is 0 Å². The Morgan fingerprint density at radius 2 is 2.05 bits per heavy atom. The van der Waals surface area contributed by atoms with Gasteiger partial charge in [0.25, 0.3) is 0 Å². The zero-order valence-electron chi connectivity index (χ0n) is 13.6. The zero-order chi connectivity index (χ0) is 15.5. The second-order valence-corrected chi connectivity index (χ2v) is 6.20. The molecule has 1 aromatic carbocycles. The molecule has 1 saturated heterocycles. The third kappa shape index (κ3) is 2.98. The van der Waals surface area contributed by atoms with E-state index in [0.29, 0.717) is 25.2 Å². The number of unbranched alkanes of at least 4 members (excludes halogenated alkanes) is 1. The Morgan fingerprint density at radius 1 is 1.23 bits per heavy atom. The van der Waals surface area contributed by atoms with E-state index in [1.165, 1.54) is 11.1 Å². The molecule has 1 fully saturated rings. The fourth-order valence-corrected chi connectivity index (χ4v) is 3.45. The lowest BCUT2D eigenvalue weighted by Gasteiger charge is -2.40. The minimum atomic E-state index is 0.226. The molecule has 1 atom stereocenters. The molecule has 0 N–H and O–H groups in total. The van der Waals surface area contributed by atoms with E-state index >= 15 is 0 Å². The molecule has 120 valence electrons. The van der Waals surface area contributed by atoms with Crippen LogP contribution in [0.1, 0.15) is 49.8 Å². The average molecular weight is 303 g/mol. The third-order valence-electron chi connectivity index (χ3n) is 4.75. The van der Waals surface area contributed by atoms with E-state index in [0.717, 1.165) is 43.9 Å². The molecule has 0 unspecified atom stereocenters. The van der Waals surface area contributed by atoms with Crippen molar-refractivity contribution < 1.29 is 14.3 Å². The molecule has 0 amide bonds. The maximum Gasteiger partial charge on any atom is 0.161 e. The van der Waals surface area contributed by atoms with Crippen molar-refractivity contribution in [3.8, 4) is 11.5 Å². The summed E-state index contributed by atoms with van der Waals surface area (Å²) in [5, 5.41) is 0. The van der Waals surface area contributed by atoms with Crippen LogP contribution in [0.3, 0.4) is 0 Å². The summed E-state index contributed by atoms with van der Waals surface area (Å²) < 4.78 is 11.4. The molecule has 0 radical (unpaired) electrons. The fraction of sp³-hybridized carbons (Fsp3) is 0.611. The summed E-state index contributed by atoms with van der Waals surface area (Å²) in [7, 11) is 1.69. The molecule has 0 bridgehead atoms. The number of carbonyl (C=O) groups excluding carboxylic acids is 1. The lowest BCUT2D eigenvalue weighted by atomic mass is 9.86. The first-order chi connectivity index (χ1) is 10.7. The highest BCUT2D eigenvalue weighted by atomic mass is 16.5. The van der Waals surface area contributed by atoms with Crippen molar-refractivity contribution in [1.29, 1.82) is 0 Å². The Morgan fingerprint density at radius 3 is 2.82 bits per heavy atom. The van der Waals surface area contributed by atoms with Crippen LogP contribution in [0.5, 0.6) is 11.5 Å². The van der Waals surface area contributed by atoms with Gasteiger partial charge in [-0.25, -0.2) is 0 Å². The van der Waals surface area contributed by atoms with Gasteiger partial charge in [-0.05, 0) is 36.1 Å². The summed E-state index contributed by atoms with van der Waals surface area (Å²) in [5.41, 5.74) is 2.56. The zero-order valence-corrected chi connectivity index (χ0v) is 13.6. The number of nitrogens with zero attached hydrogens (tertiary/aromatic N) is 1. The molecule has 2 aliphatic rings. The first-order valence-electron chi connectivity index (χ1n) is 8.32. The van der Waals surface area contributed by atoms with Gasteiger partial charge in [0.15, 0.2) is 11.5 Å². The van der Waals surface area contributed by atoms with Crippen molar-refractivity contribution in [1.82, 2.24) is 4.90 Å². The quantitative estimate of drug-likeness (QED) is 0.783. The van der Waals surface area contributed by atoms with Gasteiger partial charge in [-0.2, -0.15) is 0 Å². The van der Waals surface area contributed by atoms with Gasteiger partial charge in [-0.1, -0.05) is 13.3 Å². The predicted molar refractivity (Wildman–Crippen MR) is 85.7 cm³/mol. The number of hydrogen-bond acceptors (Lipinski definition) is 4. The largest absolute Gasteiger partial charge is 0.493 e. The van der Waals surface area contributed by atoms with Crippen LogP contribution in [0.4, 0.5) is 0 Å². The molecule has 0 spiro atoms. The highest BCUT2D eigenvalue weighted by Gasteiger charge is 2.33. The van der Waals surface area contributed by atoms with Crippen LogP contribution in [-0.2, 0) is 11.2 Å². The summed E-state index contributed by atoms with van der Waals surface area (Å²) in [4.78, 5) is 14.3. The Hall–Kier alpha value is -1.55. The molecule has 3 rings (SSSR count). The van der Waals surface area contributed by atoms with Crippen molar-refractivity contribution in [2.75, 3.05) is 26.8 Å². The number of rotatable bonds is 5. The Bertz CT molecular complexity index is 556. The van der Waals surface area contributed by atoms with Crippen LogP contribution >= 0.6 is 0 Å². The SMILES string of the molecule is CCCCOc1cc2c(cc1OC)CCN1CCC(=O)C[C@@H]21. The number of Topliss-reactive ketones (excluding diaryl/α,β-unsaturated/α-hetero) is 1. The van der Waals surface area contributed by atoms with Crippen LogP contribution in [0.15, 0.2) is 12.1 Å². The number of ketones is 1. The third-order valence-corrected chi connectivity index (χ3v) is 4.75. The van der Waals surface area contributed by atoms with Crippen LogP contribution in [-0.4, -0.2) is 37.5 Å². The Labute approximate surface area is 132 Å². The lowest BCUT2D eigenvalue weighted by Crippen LogP contribution is -2.41. The number of piperidine rings is 1. The maximum absolute atomic E-state index is 11.9. The summed E-state index contributed by atoms with van der Waals surface area (Å²) in [6.45, 7) is 4.78. The smallest absolute Gasteiger partial charge is 0.161 e. The number of ether oxygens (including phenoxy) is 2. The molecular formula is C18H25NO3. The van der Waals surface area contributed by atoms with Gasteiger partial charge in [0.05, 0.1) is 13.7 Å². The standard InChI is InChI=1S/C18H25NO3/c1-3-4-9-22-18-12-15-13(10-17(18)21-2)5-7-19-8-6-14(20)11-16(15)19/h10,12,16H,3-9,11H2,1-2H3/t16-/m0/s1. The minimum absolute atomic E-state index is 0.226. The molecule has 22 heavy (non-hydrogen) atoms. The summed E-state index contributed by atoms with van der Waals surface area (Å²) in [6, 6.07) is 4.44. The van der Waals surface area contributed by atoms with E-state index in [2.05, 4.69) is 24.0 Å². The molecule has 2 aliphatic heterocycles. The van der Waals surface area contributed by atoms with E-state index in [1.54, 1.807) is 7.11 Å². The van der Waals surface area contributed by atoms with Crippen molar-refractivity contribution in [3.63, 3.8) is 0 Å². The summed E-state index contributed by atoms with van der Waals surface area (Å²) in [5.74, 6) is 2.00. The van der Waals surface area contributed by atoms with E-state index in [4.69, 9.17) is 9.47 Å². The molecule has 0 saturated carbocycles. The van der Waals surface area contributed by atoms with Crippen molar-refractivity contribution in [2.45, 2.75) is 45.1 Å². The second kappa shape index (κ2) is 6.69. The molecule has 2 heterocycles.